The Hall–Kier alpha value is -6.03. The van der Waals surface area contributed by atoms with Crippen molar-refractivity contribution in [1.29, 1.82) is 0 Å². The molecule has 6 amide bonds. The summed E-state index contributed by atoms with van der Waals surface area (Å²) in [5.74, 6) is -4.79. The summed E-state index contributed by atoms with van der Waals surface area (Å²) in [6, 6.07) is 8.75. The summed E-state index contributed by atoms with van der Waals surface area (Å²) >= 11 is 0. The van der Waals surface area contributed by atoms with E-state index in [1.807, 2.05) is 76.2 Å². The van der Waals surface area contributed by atoms with Gasteiger partial charge in [-0.2, -0.15) is 0 Å². The number of amides is 6. The second-order valence-electron chi connectivity index (χ2n) is 19.4. The second-order valence-corrected chi connectivity index (χ2v) is 19.4. The number of carbonyl (C=O) groups excluding carboxylic acids is 6. The monoisotopic (exact) mass is 896 g/mol. The van der Waals surface area contributed by atoms with Crippen LogP contribution in [0, 0.1) is 23.7 Å². The zero-order valence-corrected chi connectivity index (χ0v) is 39.4. The third-order valence-electron chi connectivity index (χ3n) is 11.7. The molecule has 352 valence electrons. The van der Waals surface area contributed by atoms with Gasteiger partial charge in [0.1, 0.15) is 41.5 Å². The molecule has 5 rings (SSSR count). The Balaban J connectivity index is 1.61. The van der Waals surface area contributed by atoms with Gasteiger partial charge in [0, 0.05) is 53.1 Å². The van der Waals surface area contributed by atoms with Gasteiger partial charge in [-0.25, -0.2) is 0 Å². The van der Waals surface area contributed by atoms with Crippen LogP contribution in [0.2, 0.25) is 0 Å². The van der Waals surface area contributed by atoms with E-state index in [0.717, 1.165) is 32.9 Å². The van der Waals surface area contributed by atoms with Crippen LogP contribution in [0.1, 0.15) is 93.2 Å². The highest BCUT2D eigenvalue weighted by Gasteiger charge is 2.37. The van der Waals surface area contributed by atoms with Crippen LogP contribution >= 0.6 is 0 Å². The van der Waals surface area contributed by atoms with Crippen LogP contribution < -0.4 is 31.9 Å². The molecule has 0 bridgehead atoms. The van der Waals surface area contributed by atoms with Crippen LogP contribution in [0.3, 0.4) is 0 Å². The lowest BCUT2D eigenvalue weighted by atomic mass is 9.97. The Morgan fingerprint density at radius 3 is 1.46 bits per heavy atom. The molecule has 16 nitrogen and oxygen atoms in total. The summed E-state index contributed by atoms with van der Waals surface area (Å²) in [5.41, 5.74) is 1.16. The number of carbonyl (C=O) groups is 6. The molecular formula is C49H69N9O7. The number of benzene rings is 2. The molecule has 0 radical (unpaired) electrons. The smallest absolute Gasteiger partial charge is 0.268 e. The fourth-order valence-corrected chi connectivity index (χ4v) is 8.29. The largest absolute Gasteiger partial charge is 0.384 e. The maximum absolute atomic E-state index is 14.5. The van der Waals surface area contributed by atoms with E-state index < -0.39 is 89.1 Å². The molecule has 9 N–H and O–H groups in total. The van der Waals surface area contributed by atoms with Crippen LogP contribution in [-0.2, 0) is 41.6 Å². The van der Waals surface area contributed by atoms with Crippen molar-refractivity contribution in [3.63, 3.8) is 0 Å². The summed E-state index contributed by atoms with van der Waals surface area (Å²) in [5, 5.41) is 30.5. The van der Waals surface area contributed by atoms with E-state index in [1.165, 1.54) is 13.8 Å². The van der Waals surface area contributed by atoms with Gasteiger partial charge in [0.25, 0.3) is 5.91 Å². The molecule has 16 heteroatoms. The number of hydrogen-bond acceptors (Lipinski definition) is 8. The molecular weight excluding hydrogens is 827 g/mol. The number of nitrogens with one attached hydrogen (secondary N) is 8. The molecule has 0 spiro atoms. The lowest BCUT2D eigenvalue weighted by molar-refractivity contribution is -0.136. The van der Waals surface area contributed by atoms with Gasteiger partial charge in [-0.1, -0.05) is 91.8 Å². The first-order valence-corrected chi connectivity index (χ1v) is 22.8. The molecule has 65 heavy (non-hydrogen) atoms. The minimum absolute atomic E-state index is 0.0276. The summed E-state index contributed by atoms with van der Waals surface area (Å²) in [6.45, 7) is 17.5. The number of fused-ring (bicyclic) bond motifs is 2. The van der Waals surface area contributed by atoms with Crippen molar-refractivity contribution < 1.29 is 33.9 Å². The SMILES string of the molecule is CC(C)C[C@H]1CN=C(C(C)(C)O)C(=O)N[C@H](C(C)C)C(=O)N[C@@H](Cc2c[nH]c3ccccc23)C(=O)N[C@H](CC(C)C)C(=O)N[C@@H](C(C)C)C(=O)N[C@H](Cc2c[nH]c3ccccc23)C(=O)N1. The minimum atomic E-state index is -1.77. The van der Waals surface area contributed by atoms with E-state index in [1.54, 1.807) is 40.1 Å². The Morgan fingerprint density at radius 2 is 1.00 bits per heavy atom. The van der Waals surface area contributed by atoms with Crippen molar-refractivity contribution in [3.05, 3.63) is 72.1 Å². The molecule has 1 aliphatic heterocycles. The highest BCUT2D eigenvalue weighted by atomic mass is 16.3. The number of para-hydroxylation sites is 2. The summed E-state index contributed by atoms with van der Waals surface area (Å²) in [6.07, 6.45) is 4.31. The molecule has 0 aliphatic carbocycles. The predicted octanol–water partition coefficient (Wildman–Crippen LogP) is 3.97. The number of aromatic amines is 2. The molecule has 0 saturated carbocycles. The second kappa shape index (κ2) is 21.8. The van der Waals surface area contributed by atoms with E-state index in [2.05, 4.69) is 46.9 Å². The molecule has 4 aromatic rings. The van der Waals surface area contributed by atoms with Gasteiger partial charge in [-0.3, -0.25) is 33.8 Å². The van der Waals surface area contributed by atoms with E-state index >= 15 is 0 Å². The topological polar surface area (TPSA) is 239 Å². The Kier molecular flexibility index (Phi) is 16.7. The van der Waals surface area contributed by atoms with Crippen LogP contribution in [0.5, 0.6) is 0 Å². The summed E-state index contributed by atoms with van der Waals surface area (Å²) in [4.78, 5) is 97.4. The Bertz CT molecular complexity index is 2350. The van der Waals surface area contributed by atoms with E-state index in [9.17, 15) is 33.9 Å². The number of aliphatic hydroxyl groups is 1. The number of H-pyrrole nitrogens is 2. The molecule has 2 aromatic heterocycles. The normalized spacial score (nSPS) is 22.9. The minimum Gasteiger partial charge on any atom is -0.384 e. The maximum atomic E-state index is 14.5. The first-order chi connectivity index (χ1) is 30.6. The number of hydrogen-bond donors (Lipinski definition) is 9. The van der Waals surface area contributed by atoms with Crippen molar-refractivity contribution in [2.45, 2.75) is 137 Å². The molecule has 0 unspecified atom stereocenters. The lowest BCUT2D eigenvalue weighted by Crippen LogP contribution is -2.61. The van der Waals surface area contributed by atoms with Crippen LogP contribution in [0.15, 0.2) is 65.9 Å². The van der Waals surface area contributed by atoms with Crippen molar-refractivity contribution in [2.75, 3.05) is 6.54 Å². The number of aromatic nitrogens is 2. The highest BCUT2D eigenvalue weighted by Crippen LogP contribution is 2.22. The van der Waals surface area contributed by atoms with Crippen molar-refractivity contribution in [3.8, 4) is 0 Å². The van der Waals surface area contributed by atoms with Crippen LogP contribution in [-0.4, -0.2) is 105 Å². The van der Waals surface area contributed by atoms with Crippen molar-refractivity contribution in [1.82, 2.24) is 41.9 Å². The molecule has 6 atom stereocenters. The lowest BCUT2D eigenvalue weighted by Gasteiger charge is -2.29. The van der Waals surface area contributed by atoms with Gasteiger partial charge >= 0.3 is 0 Å². The standard InChI is InChI=1S/C49H69N9O7/c1-26(2)19-32-25-52-42(49(9,10)65)48(64)58-41(29(7)8)47(63)56-39(22-31-24-51-36-18-14-12-16-34(31)36)44(60)54-37(20-27(3)4)45(61)57-40(28(5)6)46(62)55-38(43(59)53-32)21-30-23-50-35-17-13-11-15-33(30)35/h11-18,23-24,26-29,32,37-41,50-51,65H,19-22,25H2,1-10H3,(H,53,59)(H,54,60)(H,55,62)(H,56,63)(H,57,61)(H,58,64)/t32-,37+,38+,39-,40-,41+/m0/s1. The van der Waals surface area contributed by atoms with E-state index in [-0.39, 0.29) is 43.4 Å². The zero-order chi connectivity index (χ0) is 47.7. The summed E-state index contributed by atoms with van der Waals surface area (Å²) < 4.78 is 0. The molecule has 1 aliphatic rings. The van der Waals surface area contributed by atoms with Crippen molar-refractivity contribution >= 4 is 63.0 Å². The number of nitrogens with zero attached hydrogens (tertiary/aromatic N) is 1. The van der Waals surface area contributed by atoms with Crippen molar-refractivity contribution in [2.24, 2.45) is 28.7 Å². The fraction of sp³-hybridized carbons (Fsp3) is 0.531. The van der Waals surface area contributed by atoms with Gasteiger partial charge < -0.3 is 47.0 Å². The number of rotatable bonds is 11. The zero-order valence-electron chi connectivity index (χ0n) is 39.4. The Morgan fingerprint density at radius 1 is 0.569 bits per heavy atom. The predicted molar refractivity (Wildman–Crippen MR) is 253 cm³/mol. The highest BCUT2D eigenvalue weighted by molar-refractivity contribution is 6.42. The third kappa shape index (κ3) is 13.3. The van der Waals surface area contributed by atoms with Gasteiger partial charge in [-0.15, -0.1) is 0 Å². The first-order valence-electron chi connectivity index (χ1n) is 22.8. The van der Waals surface area contributed by atoms with Gasteiger partial charge in [0.05, 0.1) is 6.54 Å². The van der Waals surface area contributed by atoms with Crippen LogP contribution in [0.25, 0.3) is 21.8 Å². The van der Waals surface area contributed by atoms with E-state index in [0.29, 0.717) is 6.42 Å². The average molecular weight is 896 g/mol. The molecule has 0 fully saturated rings. The van der Waals surface area contributed by atoms with Gasteiger partial charge in [0.15, 0.2) is 0 Å². The number of aliphatic imine (C=N–C) groups is 1. The fourth-order valence-electron chi connectivity index (χ4n) is 8.29. The summed E-state index contributed by atoms with van der Waals surface area (Å²) in [7, 11) is 0. The Labute approximate surface area is 381 Å². The van der Waals surface area contributed by atoms with E-state index in [4.69, 9.17) is 0 Å². The molecule has 3 heterocycles. The average Bonchev–Trinajstić information content (AvgIpc) is 3.83. The third-order valence-corrected chi connectivity index (χ3v) is 11.7. The molecule has 0 saturated heterocycles. The molecule has 2 aromatic carbocycles. The quantitative estimate of drug-likeness (QED) is 0.107. The van der Waals surface area contributed by atoms with Crippen LogP contribution in [0.4, 0.5) is 0 Å². The first kappa shape index (κ1) is 50.0. The van der Waals surface area contributed by atoms with Gasteiger partial charge in [0.2, 0.25) is 29.5 Å². The maximum Gasteiger partial charge on any atom is 0.268 e. The van der Waals surface area contributed by atoms with Gasteiger partial charge in [-0.05, 0) is 73.6 Å².